The third kappa shape index (κ3) is 5.19. The van der Waals surface area contributed by atoms with Crippen LogP contribution in [0.15, 0.2) is 40.8 Å². The summed E-state index contributed by atoms with van der Waals surface area (Å²) in [5.74, 6) is -1.74. The van der Waals surface area contributed by atoms with Gasteiger partial charge in [-0.3, -0.25) is 19.3 Å². The summed E-state index contributed by atoms with van der Waals surface area (Å²) in [6.07, 6.45) is 4.79. The smallest absolute Gasteiger partial charge is 0.273 e. The van der Waals surface area contributed by atoms with Crippen molar-refractivity contribution in [2.24, 2.45) is 5.73 Å². The predicted octanol–water partition coefficient (Wildman–Crippen LogP) is 3.70. The summed E-state index contributed by atoms with van der Waals surface area (Å²) in [5, 5.41) is 3.05. The molecular weight excluding hydrogens is 473 g/mol. The molecule has 184 valence electrons. The fourth-order valence-corrected chi connectivity index (χ4v) is 4.97. The molecule has 35 heavy (non-hydrogen) atoms. The quantitative estimate of drug-likeness (QED) is 0.452. The van der Waals surface area contributed by atoms with Gasteiger partial charge in [-0.1, -0.05) is 19.3 Å². The highest BCUT2D eigenvalue weighted by Crippen LogP contribution is 2.34. The average molecular weight is 500 g/mol. The molecule has 1 aromatic carbocycles. The Kier molecular flexibility index (Phi) is 7.15. The first-order valence-corrected chi connectivity index (χ1v) is 12.0. The average Bonchev–Trinajstić information content (AvgIpc) is 3.43. The van der Waals surface area contributed by atoms with Gasteiger partial charge in [0.1, 0.15) is 22.2 Å². The van der Waals surface area contributed by atoms with Gasteiger partial charge in [0.2, 0.25) is 0 Å². The van der Waals surface area contributed by atoms with E-state index in [1.165, 1.54) is 29.2 Å². The normalized spacial score (nSPS) is 14.9. The Morgan fingerprint density at radius 3 is 2.40 bits per heavy atom. The summed E-state index contributed by atoms with van der Waals surface area (Å²) in [4.78, 5) is 40.3. The Hall–Kier alpha value is -3.73. The van der Waals surface area contributed by atoms with Gasteiger partial charge in [0.05, 0.1) is 5.69 Å². The number of hydrogen-bond acceptors (Lipinski definition) is 7. The number of carbonyl (C=O) groups excluding carboxylic acids is 3. The number of nitrogens with zero attached hydrogens (tertiary/aromatic N) is 2. The van der Waals surface area contributed by atoms with Crippen LogP contribution in [0.1, 0.15) is 69.8 Å². The third-order valence-corrected chi connectivity index (χ3v) is 6.82. The molecular formula is C24H26FN5O4S. The van der Waals surface area contributed by atoms with E-state index in [2.05, 4.69) is 9.69 Å². The molecule has 5 N–H and O–H groups in total. The maximum Gasteiger partial charge on any atom is 0.273 e. The zero-order chi connectivity index (χ0) is 25.1. The van der Waals surface area contributed by atoms with Crippen LogP contribution in [0.4, 0.5) is 15.8 Å². The van der Waals surface area contributed by atoms with E-state index in [1.54, 1.807) is 19.1 Å². The van der Waals surface area contributed by atoms with Crippen LogP contribution in [0.3, 0.4) is 0 Å². The number of furan rings is 1. The van der Waals surface area contributed by atoms with Crippen LogP contribution in [-0.2, 0) is 4.79 Å². The Morgan fingerprint density at radius 1 is 1.14 bits per heavy atom. The monoisotopic (exact) mass is 499 g/mol. The number of carbonyl (C=O) groups is 3. The number of nitrogen functional groups attached to an aromatic ring is 1. The fourth-order valence-electron chi connectivity index (χ4n) is 4.22. The molecule has 3 amide bonds. The van der Waals surface area contributed by atoms with Crippen molar-refractivity contribution in [3.8, 4) is 0 Å². The van der Waals surface area contributed by atoms with Gasteiger partial charge in [-0.25, -0.2) is 4.39 Å². The number of anilines is 2. The molecule has 1 aliphatic rings. The Balaban J connectivity index is 1.81. The van der Waals surface area contributed by atoms with Gasteiger partial charge in [-0.2, -0.15) is 4.37 Å². The molecule has 1 saturated carbocycles. The van der Waals surface area contributed by atoms with Gasteiger partial charge in [-0.15, -0.1) is 0 Å². The number of primary amides is 1. The van der Waals surface area contributed by atoms with Crippen molar-refractivity contribution < 1.29 is 23.2 Å². The highest BCUT2D eigenvalue weighted by atomic mass is 32.1. The van der Waals surface area contributed by atoms with Crippen molar-refractivity contribution >= 4 is 40.6 Å². The van der Waals surface area contributed by atoms with Crippen molar-refractivity contribution in [3.63, 3.8) is 0 Å². The van der Waals surface area contributed by atoms with Crippen LogP contribution in [0.5, 0.6) is 0 Å². The van der Waals surface area contributed by atoms with E-state index in [-0.39, 0.29) is 33.7 Å². The third-order valence-electron chi connectivity index (χ3n) is 5.97. The number of aromatic nitrogens is 1. The molecule has 4 rings (SSSR count). The first kappa shape index (κ1) is 24.4. The maximum absolute atomic E-state index is 13.9. The summed E-state index contributed by atoms with van der Waals surface area (Å²) in [6.45, 7) is 1.73. The van der Waals surface area contributed by atoms with Crippen LogP contribution in [0, 0.1) is 12.7 Å². The molecule has 0 spiro atoms. The lowest BCUT2D eigenvalue weighted by atomic mass is 9.95. The predicted molar refractivity (Wildman–Crippen MR) is 129 cm³/mol. The molecule has 2 aromatic heterocycles. The Bertz CT molecular complexity index is 1230. The number of nitrogens with two attached hydrogens (primary N) is 2. The Labute approximate surface area is 205 Å². The summed E-state index contributed by atoms with van der Waals surface area (Å²) in [6, 6.07) is 7.20. The van der Waals surface area contributed by atoms with Gasteiger partial charge in [0, 0.05) is 11.7 Å². The van der Waals surface area contributed by atoms with Gasteiger partial charge in [-0.05, 0) is 67.7 Å². The second-order valence-electron chi connectivity index (χ2n) is 8.48. The number of amides is 3. The minimum absolute atomic E-state index is 0.0325. The number of rotatable bonds is 7. The van der Waals surface area contributed by atoms with E-state index in [1.807, 2.05) is 0 Å². The molecule has 1 atom stereocenters. The lowest BCUT2D eigenvalue weighted by Gasteiger charge is -2.32. The first-order chi connectivity index (χ1) is 16.8. The van der Waals surface area contributed by atoms with Crippen molar-refractivity contribution in [2.75, 3.05) is 10.6 Å². The van der Waals surface area contributed by atoms with E-state index in [0.717, 1.165) is 32.1 Å². The first-order valence-electron chi connectivity index (χ1n) is 11.3. The molecule has 0 bridgehead atoms. The van der Waals surface area contributed by atoms with Gasteiger partial charge < -0.3 is 21.2 Å². The van der Waals surface area contributed by atoms with Crippen molar-refractivity contribution in [1.29, 1.82) is 0 Å². The molecule has 1 unspecified atom stereocenters. The van der Waals surface area contributed by atoms with Crippen molar-refractivity contribution in [1.82, 2.24) is 9.69 Å². The second kappa shape index (κ2) is 10.3. The zero-order valence-corrected chi connectivity index (χ0v) is 19.9. The summed E-state index contributed by atoms with van der Waals surface area (Å²) in [5.41, 5.74) is 11.2. The molecule has 3 aromatic rings. The SMILES string of the molecule is Cc1ccc(C(C(=O)NC2CCCCC2)N(C(=O)c2snc(C(N)=O)c2N)c2ccc(F)cc2)o1. The molecule has 9 nitrogen and oxygen atoms in total. The van der Waals surface area contributed by atoms with Gasteiger partial charge in [0.15, 0.2) is 11.7 Å². The zero-order valence-electron chi connectivity index (χ0n) is 19.1. The highest BCUT2D eigenvalue weighted by molar-refractivity contribution is 7.09. The molecule has 1 fully saturated rings. The molecule has 1 aliphatic carbocycles. The van der Waals surface area contributed by atoms with Crippen LogP contribution in [0.25, 0.3) is 0 Å². The lowest BCUT2D eigenvalue weighted by molar-refractivity contribution is -0.123. The summed E-state index contributed by atoms with van der Waals surface area (Å²) < 4.78 is 23.5. The van der Waals surface area contributed by atoms with E-state index >= 15 is 0 Å². The number of benzene rings is 1. The molecule has 2 heterocycles. The van der Waals surface area contributed by atoms with Crippen LogP contribution >= 0.6 is 11.5 Å². The Morgan fingerprint density at radius 2 is 1.83 bits per heavy atom. The standard InChI is InChI=1S/C24H26FN5O4S/c1-13-7-12-17(34-13)20(23(32)28-15-5-3-2-4-6-15)30(16-10-8-14(25)9-11-16)24(33)21-18(26)19(22(27)31)29-35-21/h7-12,15,20H,2-6,26H2,1H3,(H2,27,31)(H,28,32). The highest BCUT2D eigenvalue weighted by Gasteiger charge is 2.38. The lowest BCUT2D eigenvalue weighted by Crippen LogP contribution is -2.47. The minimum Gasteiger partial charge on any atom is -0.464 e. The van der Waals surface area contributed by atoms with E-state index in [4.69, 9.17) is 15.9 Å². The minimum atomic E-state index is -1.22. The second-order valence-corrected chi connectivity index (χ2v) is 9.26. The van der Waals surface area contributed by atoms with E-state index < -0.39 is 29.6 Å². The number of halogens is 1. The van der Waals surface area contributed by atoms with Crippen LogP contribution in [0.2, 0.25) is 0 Å². The van der Waals surface area contributed by atoms with Crippen molar-refractivity contribution in [3.05, 3.63) is 64.3 Å². The van der Waals surface area contributed by atoms with Gasteiger partial charge in [0.25, 0.3) is 17.7 Å². The largest absolute Gasteiger partial charge is 0.464 e. The summed E-state index contributed by atoms with van der Waals surface area (Å²) >= 11 is 0.701. The maximum atomic E-state index is 13.9. The molecule has 0 aliphatic heterocycles. The van der Waals surface area contributed by atoms with E-state index in [9.17, 15) is 18.8 Å². The van der Waals surface area contributed by atoms with Gasteiger partial charge >= 0.3 is 0 Å². The van der Waals surface area contributed by atoms with Crippen molar-refractivity contribution in [2.45, 2.75) is 51.1 Å². The fraction of sp³-hybridized carbons (Fsp3) is 0.333. The number of hydrogen-bond donors (Lipinski definition) is 3. The summed E-state index contributed by atoms with van der Waals surface area (Å²) in [7, 11) is 0. The molecule has 0 saturated heterocycles. The number of nitrogens with one attached hydrogen (secondary N) is 1. The topological polar surface area (TPSA) is 145 Å². The molecule has 11 heteroatoms. The van der Waals surface area contributed by atoms with E-state index in [0.29, 0.717) is 17.3 Å². The molecule has 0 radical (unpaired) electrons. The number of aryl methyl sites for hydroxylation is 1. The van der Waals surface area contributed by atoms with Crippen LogP contribution in [-0.4, -0.2) is 28.1 Å². The van der Waals surface area contributed by atoms with Crippen LogP contribution < -0.4 is 21.7 Å².